The molecule has 3 rings (SSSR count). The van der Waals surface area contributed by atoms with Crippen LogP contribution in [-0.4, -0.2) is 48.8 Å². The number of methoxy groups -OCH3 is 1. The fourth-order valence-corrected chi connectivity index (χ4v) is 4.78. The van der Waals surface area contributed by atoms with Gasteiger partial charge in [0.1, 0.15) is 6.61 Å². The minimum absolute atomic E-state index is 0.0491. The summed E-state index contributed by atoms with van der Waals surface area (Å²) in [6.07, 6.45) is 0.213. The minimum atomic E-state index is -0.424. The fraction of sp³-hybridized carbons (Fsp3) is 0.480. The number of amidine groups is 1. The van der Waals surface area contributed by atoms with E-state index >= 15 is 0 Å². The molecule has 1 aromatic carbocycles. The highest BCUT2D eigenvalue weighted by molar-refractivity contribution is 8.16. The van der Waals surface area contributed by atoms with E-state index in [0.717, 1.165) is 27.6 Å². The Balaban J connectivity index is 2.00. The molecule has 0 bridgehead atoms. The lowest BCUT2D eigenvalue weighted by Gasteiger charge is -2.37. The Morgan fingerprint density at radius 1 is 1.21 bits per heavy atom. The van der Waals surface area contributed by atoms with Gasteiger partial charge in [-0.25, -0.2) is 9.79 Å². The number of amides is 1. The SMILES string of the molecule is COCCOC(=O)C1=C(C)N=C2SC=C(CC(=O)NCC(C)C)N2[C@H]1c1cc(C)ccc1C. The second-order valence-electron chi connectivity index (χ2n) is 8.76. The normalized spacial score (nSPS) is 17.7. The molecule has 0 spiro atoms. The van der Waals surface area contributed by atoms with E-state index in [2.05, 4.69) is 37.4 Å². The number of fused-ring (bicyclic) bond motifs is 1. The Bertz CT molecular complexity index is 1010. The maximum Gasteiger partial charge on any atom is 0.338 e. The van der Waals surface area contributed by atoms with Crippen LogP contribution in [0.4, 0.5) is 0 Å². The van der Waals surface area contributed by atoms with E-state index in [0.29, 0.717) is 30.3 Å². The molecule has 1 N–H and O–H groups in total. The van der Waals surface area contributed by atoms with Crippen molar-refractivity contribution in [1.29, 1.82) is 0 Å². The van der Waals surface area contributed by atoms with Crippen LogP contribution in [0.2, 0.25) is 0 Å². The molecule has 33 heavy (non-hydrogen) atoms. The van der Waals surface area contributed by atoms with Gasteiger partial charge in [-0.1, -0.05) is 49.4 Å². The van der Waals surface area contributed by atoms with Gasteiger partial charge in [-0.05, 0) is 43.2 Å². The number of nitrogens with zero attached hydrogens (tertiary/aromatic N) is 2. The Morgan fingerprint density at radius 2 is 1.97 bits per heavy atom. The summed E-state index contributed by atoms with van der Waals surface area (Å²) in [7, 11) is 1.57. The Hall–Kier alpha value is -2.58. The van der Waals surface area contributed by atoms with Crippen LogP contribution >= 0.6 is 11.8 Å². The first kappa shape index (κ1) is 25.1. The van der Waals surface area contributed by atoms with Gasteiger partial charge in [0.25, 0.3) is 0 Å². The molecule has 0 aromatic heterocycles. The number of carbonyl (C=O) groups is 2. The molecule has 2 heterocycles. The second-order valence-corrected chi connectivity index (χ2v) is 9.59. The van der Waals surface area contributed by atoms with E-state index in [1.165, 1.54) is 11.8 Å². The van der Waals surface area contributed by atoms with Gasteiger partial charge in [-0.2, -0.15) is 0 Å². The van der Waals surface area contributed by atoms with Crippen LogP contribution in [-0.2, 0) is 19.1 Å². The van der Waals surface area contributed by atoms with E-state index in [-0.39, 0.29) is 18.9 Å². The average Bonchev–Trinajstić information content (AvgIpc) is 3.15. The number of esters is 1. The molecule has 1 amide bonds. The summed E-state index contributed by atoms with van der Waals surface area (Å²) < 4.78 is 10.6. The van der Waals surface area contributed by atoms with Crippen LogP contribution in [0, 0.1) is 19.8 Å². The van der Waals surface area contributed by atoms with Crippen LogP contribution < -0.4 is 5.32 Å². The number of rotatable bonds is 9. The zero-order chi connectivity index (χ0) is 24.1. The summed E-state index contributed by atoms with van der Waals surface area (Å²) >= 11 is 1.48. The summed E-state index contributed by atoms with van der Waals surface area (Å²) in [4.78, 5) is 32.6. The van der Waals surface area contributed by atoms with Crippen LogP contribution in [0.3, 0.4) is 0 Å². The summed E-state index contributed by atoms with van der Waals surface area (Å²) in [5.74, 6) is -0.0967. The van der Waals surface area contributed by atoms with Gasteiger partial charge in [-0.3, -0.25) is 4.79 Å². The van der Waals surface area contributed by atoms with Crippen molar-refractivity contribution in [3.05, 3.63) is 57.3 Å². The molecule has 0 fully saturated rings. The lowest BCUT2D eigenvalue weighted by atomic mass is 9.90. The molecule has 0 radical (unpaired) electrons. The predicted octanol–water partition coefficient (Wildman–Crippen LogP) is 4.23. The maximum absolute atomic E-state index is 13.2. The molecule has 7 nitrogen and oxygen atoms in total. The zero-order valence-corrected chi connectivity index (χ0v) is 21.0. The average molecular weight is 472 g/mol. The van der Waals surface area contributed by atoms with Gasteiger partial charge in [0, 0.05) is 19.4 Å². The quantitative estimate of drug-likeness (QED) is 0.429. The largest absolute Gasteiger partial charge is 0.460 e. The summed E-state index contributed by atoms with van der Waals surface area (Å²) in [6.45, 7) is 11.1. The molecule has 1 aromatic rings. The number of carbonyl (C=O) groups excluding carboxylic acids is 2. The number of ether oxygens (including phenoxy) is 2. The number of hydrogen-bond donors (Lipinski definition) is 1. The van der Waals surface area contributed by atoms with Crippen molar-refractivity contribution in [2.45, 2.75) is 47.1 Å². The van der Waals surface area contributed by atoms with Crippen LogP contribution in [0.15, 0.2) is 45.6 Å². The summed E-state index contributed by atoms with van der Waals surface area (Å²) in [6, 6.07) is 5.78. The van der Waals surface area contributed by atoms with Crippen molar-refractivity contribution in [3.63, 3.8) is 0 Å². The zero-order valence-electron chi connectivity index (χ0n) is 20.2. The number of aliphatic imine (C=N–C) groups is 1. The van der Waals surface area contributed by atoms with Gasteiger partial charge < -0.3 is 19.7 Å². The predicted molar refractivity (Wildman–Crippen MR) is 132 cm³/mol. The van der Waals surface area contributed by atoms with Crippen molar-refractivity contribution >= 4 is 28.8 Å². The van der Waals surface area contributed by atoms with Crippen molar-refractivity contribution in [1.82, 2.24) is 10.2 Å². The van der Waals surface area contributed by atoms with E-state index in [4.69, 9.17) is 14.5 Å². The molecule has 0 unspecified atom stereocenters. The maximum atomic E-state index is 13.2. The topological polar surface area (TPSA) is 80.2 Å². The van der Waals surface area contributed by atoms with Gasteiger partial charge in [-0.15, -0.1) is 0 Å². The van der Waals surface area contributed by atoms with Crippen molar-refractivity contribution in [2.24, 2.45) is 10.9 Å². The highest BCUT2D eigenvalue weighted by atomic mass is 32.2. The number of benzene rings is 1. The number of nitrogens with one attached hydrogen (secondary N) is 1. The number of allylic oxidation sites excluding steroid dienone is 1. The molecule has 0 saturated carbocycles. The molecule has 8 heteroatoms. The fourth-order valence-electron chi connectivity index (χ4n) is 3.82. The molecule has 2 aliphatic heterocycles. The van der Waals surface area contributed by atoms with Gasteiger partial charge >= 0.3 is 5.97 Å². The third-order valence-electron chi connectivity index (χ3n) is 5.52. The highest BCUT2D eigenvalue weighted by Crippen LogP contribution is 2.45. The molecule has 1 atom stereocenters. The van der Waals surface area contributed by atoms with Crippen LogP contribution in [0.5, 0.6) is 0 Å². The Morgan fingerprint density at radius 3 is 2.67 bits per heavy atom. The van der Waals surface area contributed by atoms with Crippen molar-refractivity contribution in [2.75, 3.05) is 26.9 Å². The third-order valence-corrected chi connectivity index (χ3v) is 6.41. The van der Waals surface area contributed by atoms with E-state index in [9.17, 15) is 9.59 Å². The van der Waals surface area contributed by atoms with Gasteiger partial charge in [0.2, 0.25) is 5.91 Å². The van der Waals surface area contributed by atoms with E-state index in [1.807, 2.05) is 31.1 Å². The third kappa shape index (κ3) is 5.86. The summed E-state index contributed by atoms with van der Waals surface area (Å²) in [5.41, 5.74) is 5.08. The lowest BCUT2D eigenvalue weighted by Crippen LogP contribution is -2.38. The molecular weight excluding hydrogens is 438 g/mol. The smallest absolute Gasteiger partial charge is 0.338 e. The Kier molecular flexibility index (Phi) is 8.37. The van der Waals surface area contributed by atoms with Gasteiger partial charge in [0.15, 0.2) is 5.17 Å². The molecule has 2 aliphatic rings. The molecule has 178 valence electrons. The minimum Gasteiger partial charge on any atom is -0.460 e. The van der Waals surface area contributed by atoms with Crippen LogP contribution in [0.1, 0.15) is 49.9 Å². The van der Waals surface area contributed by atoms with Gasteiger partial charge in [0.05, 0.1) is 30.3 Å². The molecule has 0 aliphatic carbocycles. The van der Waals surface area contributed by atoms with Crippen molar-refractivity contribution in [3.8, 4) is 0 Å². The first-order chi connectivity index (χ1) is 15.7. The first-order valence-electron chi connectivity index (χ1n) is 11.2. The highest BCUT2D eigenvalue weighted by Gasteiger charge is 2.41. The van der Waals surface area contributed by atoms with Crippen LogP contribution in [0.25, 0.3) is 0 Å². The van der Waals surface area contributed by atoms with E-state index in [1.54, 1.807) is 7.11 Å². The standard InChI is InChI=1S/C25H33N3O4S/c1-15(2)13-26-21(29)12-19-14-33-25-27-18(5)22(24(30)32-10-9-31-6)23(28(19)25)20-11-16(3)7-8-17(20)4/h7-8,11,14-15,23H,9-10,12-13H2,1-6H3,(H,26,29)/t23-/m0/s1. The number of aryl methyl sites for hydroxylation is 2. The lowest BCUT2D eigenvalue weighted by molar-refractivity contribution is -0.141. The monoisotopic (exact) mass is 471 g/mol. The Labute approximate surface area is 200 Å². The molecular formula is C25H33N3O4S. The summed E-state index contributed by atoms with van der Waals surface area (Å²) in [5, 5.41) is 5.70. The number of hydrogen-bond acceptors (Lipinski definition) is 7. The first-order valence-corrected chi connectivity index (χ1v) is 12.0. The van der Waals surface area contributed by atoms with Crippen molar-refractivity contribution < 1.29 is 19.1 Å². The van der Waals surface area contributed by atoms with E-state index < -0.39 is 12.0 Å². The molecule has 0 saturated heterocycles. The number of thioether (sulfide) groups is 1. The second kappa shape index (κ2) is 11.0.